The van der Waals surface area contributed by atoms with Gasteiger partial charge in [-0.05, 0) is 56.6 Å². The smallest absolute Gasteiger partial charge is 0.0313 e. The Morgan fingerprint density at radius 1 is 1.35 bits per heavy atom. The molecule has 0 N–H and O–H groups in total. The summed E-state index contributed by atoms with van der Waals surface area (Å²) in [6.45, 7) is 10.8. The minimum Gasteiger partial charge on any atom is -0.303 e. The zero-order chi connectivity index (χ0) is 13.0. The topological polar surface area (TPSA) is 3.24 Å². The van der Waals surface area contributed by atoms with Gasteiger partial charge in [0.15, 0.2) is 0 Å². The third kappa shape index (κ3) is 3.44. The molecule has 1 heteroatoms. The van der Waals surface area contributed by atoms with Crippen LogP contribution in [0.4, 0.5) is 0 Å². The van der Waals surface area contributed by atoms with Gasteiger partial charge in [-0.1, -0.05) is 38.1 Å². The number of hydrogen-bond acceptors (Lipinski definition) is 1. The van der Waals surface area contributed by atoms with Gasteiger partial charge in [0.05, 0.1) is 0 Å². The third-order valence-electron chi connectivity index (χ3n) is 3.51. The molecular weight excluding hydrogens is 206 g/mol. The van der Waals surface area contributed by atoms with Crippen LogP contribution in [0.2, 0.25) is 0 Å². The summed E-state index contributed by atoms with van der Waals surface area (Å²) >= 11 is 0. The van der Waals surface area contributed by atoms with Crippen LogP contribution < -0.4 is 0 Å². The summed E-state index contributed by atoms with van der Waals surface area (Å²) in [5.74, 6) is 0. The molecule has 0 aromatic heterocycles. The van der Waals surface area contributed by atoms with Crippen LogP contribution in [0.25, 0.3) is 5.57 Å². The third-order valence-corrected chi connectivity index (χ3v) is 3.51. The van der Waals surface area contributed by atoms with Crippen molar-refractivity contribution in [2.45, 2.75) is 39.7 Å². The van der Waals surface area contributed by atoms with Crippen molar-refractivity contribution in [3.63, 3.8) is 0 Å². The molecule has 0 spiro atoms. The molecule has 94 valence electrons. The number of aryl methyl sites for hydroxylation is 2. The van der Waals surface area contributed by atoms with Crippen LogP contribution in [0.15, 0.2) is 24.8 Å². The molecule has 0 fully saturated rings. The Kier molecular flexibility index (Phi) is 4.95. The molecule has 1 aromatic carbocycles. The van der Waals surface area contributed by atoms with E-state index in [2.05, 4.69) is 64.5 Å². The SMILES string of the molecule is C=C(c1ccc(CCC)c(C)c1)C(C)N(C)C. The Morgan fingerprint density at radius 3 is 2.47 bits per heavy atom. The van der Waals surface area contributed by atoms with Crippen molar-refractivity contribution in [1.82, 2.24) is 4.90 Å². The second kappa shape index (κ2) is 6.02. The summed E-state index contributed by atoms with van der Waals surface area (Å²) in [4.78, 5) is 2.19. The lowest BCUT2D eigenvalue weighted by Crippen LogP contribution is -2.25. The van der Waals surface area contributed by atoms with Gasteiger partial charge in [0.25, 0.3) is 0 Å². The van der Waals surface area contributed by atoms with E-state index in [9.17, 15) is 0 Å². The fraction of sp³-hybridized carbons (Fsp3) is 0.500. The molecule has 1 rings (SSSR count). The Morgan fingerprint density at radius 2 is 2.00 bits per heavy atom. The summed E-state index contributed by atoms with van der Waals surface area (Å²) in [7, 11) is 4.18. The van der Waals surface area contributed by atoms with Crippen molar-refractivity contribution >= 4 is 5.57 Å². The summed E-state index contributed by atoms with van der Waals surface area (Å²) in [5.41, 5.74) is 5.31. The maximum Gasteiger partial charge on any atom is 0.0313 e. The van der Waals surface area contributed by atoms with Crippen LogP contribution in [-0.2, 0) is 6.42 Å². The van der Waals surface area contributed by atoms with Crippen LogP contribution in [-0.4, -0.2) is 25.0 Å². The Hall–Kier alpha value is -1.08. The molecule has 1 nitrogen and oxygen atoms in total. The minimum absolute atomic E-state index is 0.381. The van der Waals surface area contributed by atoms with Crippen LogP contribution in [0.1, 0.15) is 37.0 Å². The van der Waals surface area contributed by atoms with Gasteiger partial charge in [-0.25, -0.2) is 0 Å². The Bertz CT molecular complexity index is 391. The van der Waals surface area contributed by atoms with Gasteiger partial charge in [-0.2, -0.15) is 0 Å². The molecule has 1 unspecified atom stereocenters. The maximum absolute atomic E-state index is 4.22. The number of nitrogens with zero attached hydrogens (tertiary/aromatic N) is 1. The normalized spacial score (nSPS) is 12.8. The average molecular weight is 231 g/mol. The van der Waals surface area contributed by atoms with E-state index in [0.717, 1.165) is 0 Å². The predicted molar refractivity (Wildman–Crippen MR) is 77.4 cm³/mol. The van der Waals surface area contributed by atoms with Crippen LogP contribution in [0.5, 0.6) is 0 Å². The molecule has 0 amide bonds. The van der Waals surface area contributed by atoms with Crippen LogP contribution in [0, 0.1) is 6.92 Å². The van der Waals surface area contributed by atoms with Crippen molar-refractivity contribution in [2.24, 2.45) is 0 Å². The van der Waals surface area contributed by atoms with E-state index >= 15 is 0 Å². The van der Waals surface area contributed by atoms with Crippen molar-refractivity contribution < 1.29 is 0 Å². The van der Waals surface area contributed by atoms with Gasteiger partial charge in [0, 0.05) is 6.04 Å². The molecule has 1 atom stereocenters. The Balaban J connectivity index is 2.93. The standard InChI is InChI=1S/C16H25N/c1-7-8-15-9-10-16(11-12(15)2)13(3)14(4)17(5)6/h9-11,14H,3,7-8H2,1-2,4-6H3. The summed E-state index contributed by atoms with van der Waals surface area (Å²) < 4.78 is 0. The van der Waals surface area contributed by atoms with Gasteiger partial charge in [-0.3, -0.25) is 0 Å². The fourth-order valence-electron chi connectivity index (χ4n) is 2.00. The van der Waals surface area contributed by atoms with Crippen molar-refractivity contribution in [3.8, 4) is 0 Å². The van der Waals surface area contributed by atoms with Crippen LogP contribution >= 0.6 is 0 Å². The predicted octanol–water partition coefficient (Wildman–Crippen LogP) is 3.91. The summed E-state index contributed by atoms with van der Waals surface area (Å²) in [6.07, 6.45) is 2.37. The fourth-order valence-corrected chi connectivity index (χ4v) is 2.00. The molecule has 0 bridgehead atoms. The van der Waals surface area contributed by atoms with E-state index in [0.29, 0.717) is 6.04 Å². The van der Waals surface area contributed by atoms with Gasteiger partial charge >= 0.3 is 0 Å². The van der Waals surface area contributed by atoms with E-state index in [-0.39, 0.29) is 0 Å². The second-order valence-electron chi connectivity index (χ2n) is 5.06. The first kappa shape index (κ1) is 14.0. The molecule has 0 heterocycles. The second-order valence-corrected chi connectivity index (χ2v) is 5.06. The van der Waals surface area contributed by atoms with E-state index in [1.807, 2.05) is 0 Å². The lowest BCUT2D eigenvalue weighted by molar-refractivity contribution is 0.373. The lowest BCUT2D eigenvalue weighted by atomic mass is 9.95. The highest BCUT2D eigenvalue weighted by atomic mass is 15.1. The maximum atomic E-state index is 4.22. The van der Waals surface area contributed by atoms with E-state index in [4.69, 9.17) is 0 Å². The van der Waals surface area contributed by atoms with Crippen molar-refractivity contribution in [3.05, 3.63) is 41.5 Å². The highest BCUT2D eigenvalue weighted by Crippen LogP contribution is 2.22. The largest absolute Gasteiger partial charge is 0.303 e. The van der Waals surface area contributed by atoms with E-state index < -0.39 is 0 Å². The van der Waals surface area contributed by atoms with E-state index in [1.165, 1.54) is 35.1 Å². The number of benzene rings is 1. The molecule has 1 aromatic rings. The number of hydrogen-bond donors (Lipinski definition) is 0. The first-order valence-electron chi connectivity index (χ1n) is 6.42. The Labute approximate surface area is 106 Å². The highest BCUT2D eigenvalue weighted by molar-refractivity contribution is 5.68. The van der Waals surface area contributed by atoms with Gasteiger partial charge in [-0.15, -0.1) is 0 Å². The van der Waals surface area contributed by atoms with Crippen LogP contribution in [0.3, 0.4) is 0 Å². The summed E-state index contributed by atoms with van der Waals surface area (Å²) in [5, 5.41) is 0. The molecule has 0 radical (unpaired) electrons. The molecule has 0 saturated heterocycles. The number of likely N-dealkylation sites (N-methyl/N-ethyl adjacent to an activating group) is 1. The minimum atomic E-state index is 0.381. The molecular formula is C16H25N. The zero-order valence-electron chi connectivity index (χ0n) is 11.9. The van der Waals surface area contributed by atoms with Crippen molar-refractivity contribution in [1.29, 1.82) is 0 Å². The first-order valence-corrected chi connectivity index (χ1v) is 6.42. The summed E-state index contributed by atoms with van der Waals surface area (Å²) in [6, 6.07) is 7.11. The van der Waals surface area contributed by atoms with Gasteiger partial charge < -0.3 is 4.90 Å². The van der Waals surface area contributed by atoms with E-state index in [1.54, 1.807) is 0 Å². The quantitative estimate of drug-likeness (QED) is 0.742. The molecule has 0 aliphatic carbocycles. The highest BCUT2D eigenvalue weighted by Gasteiger charge is 2.11. The monoisotopic (exact) mass is 231 g/mol. The molecule has 0 saturated carbocycles. The molecule has 0 aliphatic heterocycles. The molecule has 17 heavy (non-hydrogen) atoms. The van der Waals surface area contributed by atoms with Gasteiger partial charge in [0.1, 0.15) is 0 Å². The number of rotatable bonds is 5. The average Bonchev–Trinajstić information content (AvgIpc) is 2.30. The molecule has 0 aliphatic rings. The van der Waals surface area contributed by atoms with Gasteiger partial charge in [0.2, 0.25) is 0 Å². The van der Waals surface area contributed by atoms with Crippen molar-refractivity contribution in [2.75, 3.05) is 14.1 Å². The first-order chi connectivity index (χ1) is 7.97. The zero-order valence-corrected chi connectivity index (χ0v) is 11.9. The lowest BCUT2D eigenvalue weighted by Gasteiger charge is -2.23.